The smallest absolute Gasteiger partial charge is 0.246 e. The third-order valence-corrected chi connectivity index (χ3v) is 3.79. The van der Waals surface area contributed by atoms with Crippen LogP contribution in [0, 0.1) is 6.92 Å². The first kappa shape index (κ1) is 12.5. The van der Waals surface area contributed by atoms with Crippen LogP contribution in [0.15, 0.2) is 29.4 Å². The Kier molecular flexibility index (Phi) is 3.30. The number of aromatic nitrogens is 3. The molecule has 0 spiro atoms. The maximum atomic E-state index is 11.9. The summed E-state index contributed by atoms with van der Waals surface area (Å²) in [4.78, 5) is 4.03. The first-order valence-corrected chi connectivity index (χ1v) is 6.67. The first-order chi connectivity index (χ1) is 8.49. The molecule has 7 nitrogen and oxygen atoms in total. The summed E-state index contributed by atoms with van der Waals surface area (Å²) in [5.74, 6) is 0.0181. The predicted octanol–water partition coefficient (Wildman–Crippen LogP) is 0.174. The lowest BCUT2D eigenvalue weighted by Gasteiger charge is -2.05. The summed E-state index contributed by atoms with van der Waals surface area (Å²) in [6, 6.07) is 3.62. The van der Waals surface area contributed by atoms with E-state index in [2.05, 4.69) is 19.9 Å². The maximum absolute atomic E-state index is 11.9. The van der Waals surface area contributed by atoms with E-state index in [-0.39, 0.29) is 17.3 Å². The van der Waals surface area contributed by atoms with Gasteiger partial charge in [0.25, 0.3) is 0 Å². The molecule has 2 aromatic rings. The first-order valence-electron chi connectivity index (χ1n) is 5.19. The molecule has 0 aliphatic rings. The van der Waals surface area contributed by atoms with Gasteiger partial charge in [0.15, 0.2) is 0 Å². The molecular formula is C10H13N5O2S. The van der Waals surface area contributed by atoms with Crippen molar-refractivity contribution in [2.24, 2.45) is 0 Å². The van der Waals surface area contributed by atoms with Gasteiger partial charge in [-0.15, -0.1) is 0 Å². The standard InChI is InChI=1S/C10H13N5O2S/c1-7-2-3-8(4-12-7)5-14-18(16,17)9-6-13-15-10(9)11/h2-4,6,14H,5H2,1H3,(H3,11,13,15). The van der Waals surface area contributed by atoms with E-state index in [4.69, 9.17) is 5.73 Å². The van der Waals surface area contributed by atoms with E-state index in [0.29, 0.717) is 0 Å². The number of pyridine rings is 1. The van der Waals surface area contributed by atoms with Crippen molar-refractivity contribution in [2.75, 3.05) is 5.73 Å². The molecule has 96 valence electrons. The summed E-state index contributed by atoms with van der Waals surface area (Å²) in [5.41, 5.74) is 7.11. The van der Waals surface area contributed by atoms with E-state index in [0.717, 1.165) is 11.3 Å². The highest BCUT2D eigenvalue weighted by molar-refractivity contribution is 7.89. The van der Waals surface area contributed by atoms with Crippen LogP contribution in [0.1, 0.15) is 11.3 Å². The van der Waals surface area contributed by atoms with Gasteiger partial charge in [-0.1, -0.05) is 6.07 Å². The second-order valence-corrected chi connectivity index (χ2v) is 5.52. The molecular weight excluding hydrogens is 254 g/mol. The van der Waals surface area contributed by atoms with E-state index in [9.17, 15) is 8.42 Å². The van der Waals surface area contributed by atoms with E-state index in [1.54, 1.807) is 6.20 Å². The van der Waals surface area contributed by atoms with Crippen molar-refractivity contribution in [3.63, 3.8) is 0 Å². The molecule has 0 fully saturated rings. The molecule has 0 aliphatic carbocycles. The summed E-state index contributed by atoms with van der Waals surface area (Å²) in [7, 11) is -3.65. The molecule has 2 rings (SSSR count). The number of nitrogens with two attached hydrogens (primary N) is 1. The molecule has 4 N–H and O–H groups in total. The Bertz CT molecular complexity index is 633. The Morgan fingerprint density at radius 2 is 2.17 bits per heavy atom. The van der Waals surface area contributed by atoms with Crippen LogP contribution in [0.25, 0.3) is 0 Å². The lowest BCUT2D eigenvalue weighted by atomic mass is 10.2. The number of hydrogen-bond acceptors (Lipinski definition) is 5. The highest BCUT2D eigenvalue weighted by atomic mass is 32.2. The van der Waals surface area contributed by atoms with Gasteiger partial charge in [-0.2, -0.15) is 5.10 Å². The minimum absolute atomic E-state index is 0.0181. The van der Waals surface area contributed by atoms with Gasteiger partial charge in [0.2, 0.25) is 10.0 Å². The van der Waals surface area contributed by atoms with Crippen LogP contribution in [-0.2, 0) is 16.6 Å². The van der Waals surface area contributed by atoms with Crippen molar-refractivity contribution in [3.8, 4) is 0 Å². The van der Waals surface area contributed by atoms with Crippen LogP contribution in [0.4, 0.5) is 5.82 Å². The second-order valence-electron chi connectivity index (χ2n) is 3.78. The fourth-order valence-corrected chi connectivity index (χ4v) is 2.40. The van der Waals surface area contributed by atoms with Crippen molar-refractivity contribution in [2.45, 2.75) is 18.4 Å². The molecule has 0 saturated carbocycles. The van der Waals surface area contributed by atoms with Crippen LogP contribution in [0.3, 0.4) is 0 Å². The Hall–Kier alpha value is -1.93. The van der Waals surface area contributed by atoms with Crippen LogP contribution in [0.2, 0.25) is 0 Å². The summed E-state index contributed by atoms with van der Waals surface area (Å²) in [5, 5.41) is 5.95. The van der Waals surface area contributed by atoms with Gasteiger partial charge >= 0.3 is 0 Å². The molecule has 0 aliphatic heterocycles. The van der Waals surface area contributed by atoms with Crippen molar-refractivity contribution >= 4 is 15.8 Å². The lowest BCUT2D eigenvalue weighted by Crippen LogP contribution is -2.23. The molecule has 0 atom stereocenters. The molecule has 0 radical (unpaired) electrons. The Labute approximate surface area is 104 Å². The van der Waals surface area contributed by atoms with Crippen LogP contribution in [0.5, 0.6) is 0 Å². The molecule has 0 aromatic carbocycles. The Morgan fingerprint density at radius 1 is 1.39 bits per heavy atom. The average molecular weight is 267 g/mol. The quantitative estimate of drug-likeness (QED) is 0.731. The van der Waals surface area contributed by atoms with Crippen LogP contribution >= 0.6 is 0 Å². The molecule has 0 amide bonds. The van der Waals surface area contributed by atoms with Crippen molar-refractivity contribution < 1.29 is 8.42 Å². The molecule has 0 saturated heterocycles. The van der Waals surface area contributed by atoms with Crippen molar-refractivity contribution in [1.29, 1.82) is 0 Å². The van der Waals surface area contributed by atoms with Gasteiger partial charge in [0, 0.05) is 18.4 Å². The van der Waals surface area contributed by atoms with Crippen LogP contribution in [-0.4, -0.2) is 23.6 Å². The molecule has 0 bridgehead atoms. The zero-order chi connectivity index (χ0) is 13.2. The Balaban J connectivity index is 2.11. The van der Waals surface area contributed by atoms with Gasteiger partial charge in [0.05, 0.1) is 6.20 Å². The highest BCUT2D eigenvalue weighted by Crippen LogP contribution is 2.14. The number of aromatic amines is 1. The van der Waals surface area contributed by atoms with Gasteiger partial charge in [-0.3, -0.25) is 10.1 Å². The minimum Gasteiger partial charge on any atom is -0.383 e. The number of nitrogens with zero attached hydrogens (tertiary/aromatic N) is 2. The zero-order valence-corrected chi connectivity index (χ0v) is 10.5. The number of H-pyrrole nitrogens is 1. The predicted molar refractivity (Wildman–Crippen MR) is 66.0 cm³/mol. The van der Waals surface area contributed by atoms with Gasteiger partial charge in [-0.25, -0.2) is 13.1 Å². The zero-order valence-electron chi connectivity index (χ0n) is 9.71. The summed E-state index contributed by atoms with van der Waals surface area (Å²) in [6.45, 7) is 2.01. The number of aryl methyl sites for hydroxylation is 1. The summed E-state index contributed by atoms with van der Waals surface area (Å²) >= 11 is 0. The van der Waals surface area contributed by atoms with Gasteiger partial charge in [-0.05, 0) is 18.6 Å². The van der Waals surface area contributed by atoms with Crippen molar-refractivity contribution in [1.82, 2.24) is 19.9 Å². The van der Waals surface area contributed by atoms with E-state index in [1.807, 2.05) is 19.1 Å². The fourth-order valence-electron chi connectivity index (χ4n) is 1.36. The van der Waals surface area contributed by atoms with E-state index < -0.39 is 10.0 Å². The van der Waals surface area contributed by atoms with Gasteiger partial charge in [0.1, 0.15) is 10.7 Å². The van der Waals surface area contributed by atoms with Gasteiger partial charge < -0.3 is 5.73 Å². The maximum Gasteiger partial charge on any atom is 0.246 e. The lowest BCUT2D eigenvalue weighted by molar-refractivity contribution is 0.581. The molecule has 18 heavy (non-hydrogen) atoms. The third kappa shape index (κ3) is 2.66. The summed E-state index contributed by atoms with van der Waals surface area (Å²) in [6.07, 6.45) is 2.79. The minimum atomic E-state index is -3.65. The number of anilines is 1. The highest BCUT2D eigenvalue weighted by Gasteiger charge is 2.18. The fraction of sp³-hybridized carbons (Fsp3) is 0.200. The number of sulfonamides is 1. The normalized spacial score (nSPS) is 11.6. The number of hydrogen-bond donors (Lipinski definition) is 3. The average Bonchev–Trinajstić information content (AvgIpc) is 2.76. The van der Waals surface area contributed by atoms with Crippen LogP contribution < -0.4 is 10.5 Å². The van der Waals surface area contributed by atoms with Crippen molar-refractivity contribution in [3.05, 3.63) is 35.8 Å². The topological polar surface area (TPSA) is 114 Å². The third-order valence-electron chi connectivity index (χ3n) is 2.36. The summed E-state index contributed by atoms with van der Waals surface area (Å²) < 4.78 is 26.2. The van der Waals surface area contributed by atoms with E-state index in [1.165, 1.54) is 6.20 Å². The van der Waals surface area contributed by atoms with E-state index >= 15 is 0 Å². The second kappa shape index (κ2) is 4.75. The molecule has 8 heteroatoms. The molecule has 2 aromatic heterocycles. The number of rotatable bonds is 4. The largest absolute Gasteiger partial charge is 0.383 e. The Morgan fingerprint density at radius 3 is 2.72 bits per heavy atom. The monoisotopic (exact) mass is 267 g/mol. The number of nitrogen functional groups attached to an aromatic ring is 1. The number of nitrogens with one attached hydrogen (secondary N) is 2. The molecule has 2 heterocycles. The molecule has 0 unspecified atom stereocenters. The SMILES string of the molecule is Cc1ccc(CNS(=O)(=O)c2cn[nH]c2N)cn1.